The zero-order valence-electron chi connectivity index (χ0n) is 6.47. The molecule has 2 nitrogen and oxygen atoms in total. The van der Waals surface area contributed by atoms with Crippen molar-refractivity contribution in [1.29, 1.82) is 0 Å². The fourth-order valence-electron chi connectivity index (χ4n) is 1.36. The summed E-state index contributed by atoms with van der Waals surface area (Å²) in [5.74, 6) is 0. The van der Waals surface area contributed by atoms with Crippen LogP contribution in [0.2, 0.25) is 0 Å². The van der Waals surface area contributed by atoms with Crippen LogP contribution in [-0.4, -0.2) is 24.5 Å². The van der Waals surface area contributed by atoms with Crippen LogP contribution in [0, 0.1) is 0 Å². The zero-order chi connectivity index (χ0) is 7.40. The van der Waals surface area contributed by atoms with Crippen LogP contribution in [-0.2, 0) is 0 Å². The van der Waals surface area contributed by atoms with Crippen LogP contribution in [0.4, 0.5) is 0 Å². The lowest BCUT2D eigenvalue weighted by molar-refractivity contribution is 0.412. The smallest absolute Gasteiger partial charge is 0.0175 e. The molecule has 0 radical (unpaired) electrons. The van der Waals surface area contributed by atoms with Gasteiger partial charge in [0.25, 0.3) is 0 Å². The summed E-state index contributed by atoms with van der Waals surface area (Å²) in [6.45, 7) is 7.09. The molecule has 0 aromatic rings. The van der Waals surface area contributed by atoms with Gasteiger partial charge in [0.2, 0.25) is 0 Å². The van der Waals surface area contributed by atoms with E-state index in [1.807, 2.05) is 0 Å². The highest BCUT2D eigenvalue weighted by Crippen LogP contribution is 2.14. The van der Waals surface area contributed by atoms with E-state index in [0.29, 0.717) is 0 Å². The van der Waals surface area contributed by atoms with Gasteiger partial charge in [-0.2, -0.15) is 0 Å². The molecule has 2 heteroatoms. The average molecular weight is 140 g/mol. The summed E-state index contributed by atoms with van der Waals surface area (Å²) in [5, 5.41) is 0. The summed E-state index contributed by atoms with van der Waals surface area (Å²) in [6, 6.07) is 0. The van der Waals surface area contributed by atoms with Crippen molar-refractivity contribution in [2.75, 3.05) is 19.6 Å². The van der Waals surface area contributed by atoms with Gasteiger partial charge in [-0.3, -0.25) is 0 Å². The Hall–Kier alpha value is -0.500. The zero-order valence-corrected chi connectivity index (χ0v) is 6.47. The quantitative estimate of drug-likeness (QED) is 0.632. The molecule has 0 atom stereocenters. The van der Waals surface area contributed by atoms with Gasteiger partial charge in [-0.1, -0.05) is 6.58 Å². The molecule has 58 valence electrons. The molecule has 1 saturated heterocycles. The number of nitrogens with zero attached hydrogens (tertiary/aromatic N) is 1. The van der Waals surface area contributed by atoms with Gasteiger partial charge in [0.05, 0.1) is 0 Å². The molecular formula is C8H16N2. The highest BCUT2D eigenvalue weighted by molar-refractivity contribution is 4.95. The lowest BCUT2D eigenvalue weighted by Gasteiger charge is -2.19. The fourth-order valence-corrected chi connectivity index (χ4v) is 1.36. The van der Waals surface area contributed by atoms with E-state index in [4.69, 9.17) is 5.73 Å². The molecule has 0 unspecified atom stereocenters. The van der Waals surface area contributed by atoms with Crippen LogP contribution in [0.5, 0.6) is 0 Å². The molecule has 1 heterocycles. The van der Waals surface area contributed by atoms with Crippen molar-refractivity contribution in [2.45, 2.75) is 19.3 Å². The molecule has 0 aromatic heterocycles. The van der Waals surface area contributed by atoms with Crippen LogP contribution in [0.25, 0.3) is 0 Å². The molecule has 1 rings (SSSR count). The summed E-state index contributed by atoms with van der Waals surface area (Å²) >= 11 is 0. The van der Waals surface area contributed by atoms with Gasteiger partial charge in [-0.25, -0.2) is 0 Å². The second-order valence-corrected chi connectivity index (χ2v) is 2.80. The second-order valence-electron chi connectivity index (χ2n) is 2.80. The Morgan fingerprint density at radius 1 is 1.40 bits per heavy atom. The Morgan fingerprint density at radius 2 is 2.00 bits per heavy atom. The fraction of sp³-hybridized carbons (Fsp3) is 0.750. The summed E-state index contributed by atoms with van der Waals surface area (Å²) in [4.78, 5) is 2.34. The van der Waals surface area contributed by atoms with Crippen molar-refractivity contribution in [3.8, 4) is 0 Å². The molecule has 2 N–H and O–H groups in total. The second kappa shape index (κ2) is 3.62. The van der Waals surface area contributed by atoms with Crippen LogP contribution >= 0.6 is 0 Å². The van der Waals surface area contributed by atoms with Gasteiger partial charge in [0.15, 0.2) is 0 Å². The minimum atomic E-state index is 0.731. The van der Waals surface area contributed by atoms with Crippen LogP contribution in [0.15, 0.2) is 12.3 Å². The van der Waals surface area contributed by atoms with E-state index in [2.05, 4.69) is 11.5 Å². The number of hydrogen-bond donors (Lipinski definition) is 1. The first-order chi connectivity index (χ1) is 4.84. The van der Waals surface area contributed by atoms with Crippen molar-refractivity contribution in [3.63, 3.8) is 0 Å². The van der Waals surface area contributed by atoms with Gasteiger partial charge in [-0.15, -0.1) is 0 Å². The van der Waals surface area contributed by atoms with Crippen molar-refractivity contribution >= 4 is 0 Å². The molecule has 1 fully saturated rings. The van der Waals surface area contributed by atoms with Gasteiger partial charge in [-0.05, 0) is 25.8 Å². The van der Waals surface area contributed by atoms with Crippen molar-refractivity contribution in [3.05, 3.63) is 12.3 Å². The van der Waals surface area contributed by atoms with E-state index >= 15 is 0 Å². The molecule has 0 amide bonds. The predicted molar refractivity (Wildman–Crippen MR) is 43.6 cm³/mol. The van der Waals surface area contributed by atoms with E-state index in [1.165, 1.54) is 31.6 Å². The minimum Gasteiger partial charge on any atom is -0.375 e. The third-order valence-electron chi connectivity index (χ3n) is 1.99. The Labute approximate surface area is 62.7 Å². The Bertz CT molecular complexity index is 114. The first-order valence-electron chi connectivity index (χ1n) is 3.97. The normalized spacial score (nSPS) is 17.9. The Kier molecular flexibility index (Phi) is 2.75. The topological polar surface area (TPSA) is 29.3 Å². The van der Waals surface area contributed by atoms with Gasteiger partial charge < -0.3 is 10.6 Å². The van der Waals surface area contributed by atoms with Crippen LogP contribution < -0.4 is 5.73 Å². The van der Waals surface area contributed by atoms with Gasteiger partial charge >= 0.3 is 0 Å². The molecule has 1 aliphatic rings. The van der Waals surface area contributed by atoms with E-state index in [1.54, 1.807) is 0 Å². The highest BCUT2D eigenvalue weighted by atomic mass is 15.1. The summed E-state index contributed by atoms with van der Waals surface area (Å²) in [6.07, 6.45) is 3.60. The predicted octanol–water partition coefficient (Wildman–Crippen LogP) is 0.945. The number of likely N-dealkylation sites (tertiary alicyclic amines) is 1. The molecule has 0 saturated carbocycles. The largest absolute Gasteiger partial charge is 0.375 e. The average Bonchev–Trinajstić information content (AvgIpc) is 2.38. The minimum absolute atomic E-state index is 0.731. The highest BCUT2D eigenvalue weighted by Gasteiger charge is 2.11. The van der Waals surface area contributed by atoms with Crippen molar-refractivity contribution in [1.82, 2.24) is 4.90 Å². The van der Waals surface area contributed by atoms with E-state index in [9.17, 15) is 0 Å². The maximum Gasteiger partial charge on any atom is 0.0175 e. The van der Waals surface area contributed by atoms with Crippen molar-refractivity contribution in [2.24, 2.45) is 5.73 Å². The van der Waals surface area contributed by atoms with Crippen LogP contribution in [0.1, 0.15) is 19.3 Å². The third kappa shape index (κ3) is 1.74. The van der Waals surface area contributed by atoms with E-state index < -0.39 is 0 Å². The van der Waals surface area contributed by atoms with E-state index in [-0.39, 0.29) is 0 Å². The molecular weight excluding hydrogens is 124 g/mol. The first-order valence-corrected chi connectivity index (χ1v) is 3.97. The summed E-state index contributed by atoms with van der Waals surface area (Å²) in [5.41, 5.74) is 6.63. The molecule has 0 spiro atoms. The van der Waals surface area contributed by atoms with Crippen LogP contribution in [0.3, 0.4) is 0 Å². The van der Waals surface area contributed by atoms with E-state index in [0.717, 1.165) is 13.0 Å². The first kappa shape index (κ1) is 7.61. The number of rotatable bonds is 3. The molecule has 10 heavy (non-hydrogen) atoms. The standard InChI is InChI=1S/C8H16N2/c1-8(4-5-9)10-6-2-3-7-10/h1-7,9H2. The lowest BCUT2D eigenvalue weighted by Crippen LogP contribution is -2.19. The SMILES string of the molecule is C=C(CCN)N1CCCC1. The number of nitrogens with two attached hydrogens (primary N) is 1. The molecule has 0 aliphatic carbocycles. The van der Waals surface area contributed by atoms with Gasteiger partial charge in [0, 0.05) is 18.8 Å². The van der Waals surface area contributed by atoms with Gasteiger partial charge in [0.1, 0.15) is 0 Å². The third-order valence-corrected chi connectivity index (χ3v) is 1.99. The summed E-state index contributed by atoms with van der Waals surface area (Å²) < 4.78 is 0. The molecule has 0 aromatic carbocycles. The lowest BCUT2D eigenvalue weighted by atomic mass is 10.3. The monoisotopic (exact) mass is 140 g/mol. The van der Waals surface area contributed by atoms with Crippen molar-refractivity contribution < 1.29 is 0 Å². The maximum absolute atomic E-state index is 5.41. The Balaban J connectivity index is 2.25. The maximum atomic E-state index is 5.41. The Morgan fingerprint density at radius 3 is 2.50 bits per heavy atom. The molecule has 0 bridgehead atoms. The molecule has 1 aliphatic heterocycles. The summed E-state index contributed by atoms with van der Waals surface area (Å²) in [7, 11) is 0. The number of hydrogen-bond acceptors (Lipinski definition) is 2.